The summed E-state index contributed by atoms with van der Waals surface area (Å²) >= 11 is 0. The molecule has 3 rings (SSSR count). The molecule has 0 atom stereocenters. The lowest BCUT2D eigenvalue weighted by Gasteiger charge is -2.38. The number of nitriles is 1. The van der Waals surface area contributed by atoms with E-state index in [4.69, 9.17) is 14.7 Å². The smallest absolute Gasteiger partial charge is 0.183 e. The molecule has 0 unspecified atom stereocenters. The van der Waals surface area contributed by atoms with Crippen LogP contribution in [0.4, 0.5) is 4.39 Å². The number of halogens is 1. The number of rotatable bonds is 5. The van der Waals surface area contributed by atoms with E-state index in [1.807, 2.05) is 6.07 Å². The number of hydrogen-bond donors (Lipinski definition) is 0. The zero-order valence-corrected chi connectivity index (χ0v) is 15.0. The van der Waals surface area contributed by atoms with Gasteiger partial charge in [-0.05, 0) is 36.8 Å². The minimum atomic E-state index is -0.514. The Kier molecular flexibility index (Phi) is 6.45. The molecular weight excluding hydrogens is 317 g/mol. The SMILES string of the molecule is CCCC[C@H]1CC[C@H](C2COC(c3ccc(C#N)c(F)c3)OC2)CC1. The molecule has 0 radical (unpaired) electrons. The van der Waals surface area contributed by atoms with E-state index in [0.29, 0.717) is 30.6 Å². The van der Waals surface area contributed by atoms with Crippen LogP contribution < -0.4 is 0 Å². The van der Waals surface area contributed by atoms with Gasteiger partial charge in [-0.3, -0.25) is 0 Å². The third kappa shape index (κ3) is 4.59. The number of ether oxygens (including phenoxy) is 2. The highest BCUT2D eigenvalue weighted by molar-refractivity contribution is 5.33. The molecule has 0 N–H and O–H groups in total. The van der Waals surface area contributed by atoms with E-state index >= 15 is 0 Å². The second kappa shape index (κ2) is 8.78. The van der Waals surface area contributed by atoms with Gasteiger partial charge in [-0.2, -0.15) is 5.26 Å². The minimum Gasteiger partial charge on any atom is -0.348 e. The van der Waals surface area contributed by atoms with Crippen LogP contribution >= 0.6 is 0 Å². The van der Waals surface area contributed by atoms with Gasteiger partial charge in [0.2, 0.25) is 0 Å². The van der Waals surface area contributed by atoms with Crippen LogP contribution in [0.1, 0.15) is 69.3 Å². The van der Waals surface area contributed by atoms with Crippen LogP contribution in [0.15, 0.2) is 18.2 Å². The molecule has 4 heteroatoms. The van der Waals surface area contributed by atoms with Gasteiger partial charge in [0.15, 0.2) is 6.29 Å². The van der Waals surface area contributed by atoms with Gasteiger partial charge in [-0.15, -0.1) is 0 Å². The van der Waals surface area contributed by atoms with Gasteiger partial charge in [-0.25, -0.2) is 4.39 Å². The molecule has 1 aliphatic carbocycles. The monoisotopic (exact) mass is 345 g/mol. The molecule has 1 aromatic rings. The second-order valence-electron chi connectivity index (χ2n) is 7.53. The second-order valence-corrected chi connectivity index (χ2v) is 7.53. The lowest BCUT2D eigenvalue weighted by molar-refractivity contribution is -0.214. The molecule has 0 amide bonds. The van der Waals surface area contributed by atoms with E-state index in [2.05, 4.69) is 6.92 Å². The molecular formula is C21H28FNO2. The quantitative estimate of drug-likeness (QED) is 0.722. The molecule has 0 spiro atoms. The summed E-state index contributed by atoms with van der Waals surface area (Å²) in [5, 5.41) is 8.81. The van der Waals surface area contributed by atoms with E-state index in [1.165, 1.54) is 57.1 Å². The Bertz CT molecular complexity index is 596. The molecule has 2 aliphatic rings. The largest absolute Gasteiger partial charge is 0.348 e. The van der Waals surface area contributed by atoms with Crippen LogP contribution in [0.25, 0.3) is 0 Å². The van der Waals surface area contributed by atoms with Gasteiger partial charge in [-0.1, -0.05) is 45.1 Å². The van der Waals surface area contributed by atoms with Gasteiger partial charge in [0.25, 0.3) is 0 Å². The number of unbranched alkanes of at least 4 members (excludes halogenated alkanes) is 1. The molecule has 3 nitrogen and oxygen atoms in total. The molecule has 1 saturated carbocycles. The molecule has 25 heavy (non-hydrogen) atoms. The van der Waals surface area contributed by atoms with Crippen LogP contribution in [0.3, 0.4) is 0 Å². The van der Waals surface area contributed by atoms with Crippen molar-refractivity contribution >= 4 is 0 Å². The van der Waals surface area contributed by atoms with Crippen molar-refractivity contribution in [2.45, 2.75) is 58.2 Å². The van der Waals surface area contributed by atoms with E-state index < -0.39 is 12.1 Å². The van der Waals surface area contributed by atoms with Crippen LogP contribution in [0.5, 0.6) is 0 Å². The number of benzene rings is 1. The minimum absolute atomic E-state index is 0.0530. The fourth-order valence-electron chi connectivity index (χ4n) is 4.19. The van der Waals surface area contributed by atoms with Crippen LogP contribution in [-0.4, -0.2) is 13.2 Å². The summed E-state index contributed by atoms with van der Waals surface area (Å²) in [5.74, 6) is 1.54. The Morgan fingerprint density at radius 1 is 1.12 bits per heavy atom. The predicted molar refractivity (Wildman–Crippen MR) is 94.2 cm³/mol. The van der Waals surface area contributed by atoms with Crippen molar-refractivity contribution in [1.82, 2.24) is 0 Å². The first-order chi connectivity index (χ1) is 12.2. The molecule has 0 bridgehead atoms. The first kappa shape index (κ1) is 18.4. The average Bonchev–Trinajstić information content (AvgIpc) is 2.67. The maximum atomic E-state index is 13.8. The molecule has 1 heterocycles. The van der Waals surface area contributed by atoms with Gasteiger partial charge < -0.3 is 9.47 Å². The van der Waals surface area contributed by atoms with Gasteiger partial charge in [0.1, 0.15) is 11.9 Å². The fraction of sp³-hybridized carbons (Fsp3) is 0.667. The first-order valence-electron chi connectivity index (χ1n) is 9.64. The first-order valence-corrected chi connectivity index (χ1v) is 9.64. The number of hydrogen-bond acceptors (Lipinski definition) is 3. The third-order valence-corrected chi connectivity index (χ3v) is 5.83. The van der Waals surface area contributed by atoms with Crippen molar-refractivity contribution < 1.29 is 13.9 Å². The van der Waals surface area contributed by atoms with Crippen molar-refractivity contribution in [2.75, 3.05) is 13.2 Å². The highest BCUT2D eigenvalue weighted by Gasteiger charge is 2.32. The van der Waals surface area contributed by atoms with E-state index in [0.717, 1.165) is 5.92 Å². The van der Waals surface area contributed by atoms with E-state index in [1.54, 1.807) is 6.07 Å². The molecule has 2 fully saturated rings. The zero-order chi connectivity index (χ0) is 17.6. The zero-order valence-electron chi connectivity index (χ0n) is 15.0. The third-order valence-electron chi connectivity index (χ3n) is 5.83. The Morgan fingerprint density at radius 3 is 2.44 bits per heavy atom. The maximum Gasteiger partial charge on any atom is 0.183 e. The summed E-state index contributed by atoms with van der Waals surface area (Å²) in [4.78, 5) is 0. The number of nitrogens with zero attached hydrogens (tertiary/aromatic N) is 1. The van der Waals surface area contributed by atoms with Crippen molar-refractivity contribution in [2.24, 2.45) is 17.8 Å². The summed E-state index contributed by atoms with van der Waals surface area (Å²) in [6.07, 6.45) is 8.75. The lowest BCUT2D eigenvalue weighted by Crippen LogP contribution is -2.34. The van der Waals surface area contributed by atoms with Crippen molar-refractivity contribution in [1.29, 1.82) is 5.26 Å². The summed E-state index contributed by atoms with van der Waals surface area (Å²) in [6.45, 7) is 3.62. The van der Waals surface area contributed by atoms with Crippen molar-refractivity contribution in [3.63, 3.8) is 0 Å². The Labute approximate surface area is 150 Å². The Morgan fingerprint density at radius 2 is 1.84 bits per heavy atom. The highest BCUT2D eigenvalue weighted by Crippen LogP contribution is 2.38. The highest BCUT2D eigenvalue weighted by atomic mass is 19.1. The molecule has 0 aromatic heterocycles. The standard InChI is InChI=1S/C21H28FNO2/c1-2-3-4-15-5-7-16(8-6-15)19-13-24-21(25-14-19)17-9-10-18(12-23)20(22)11-17/h9-11,15-16,19,21H,2-8,13-14H2,1H3/t15-,16-,19?,21?. The molecule has 1 aliphatic heterocycles. The summed E-state index contributed by atoms with van der Waals surface area (Å²) in [7, 11) is 0. The fourth-order valence-corrected chi connectivity index (χ4v) is 4.19. The van der Waals surface area contributed by atoms with E-state index in [9.17, 15) is 4.39 Å². The van der Waals surface area contributed by atoms with Crippen LogP contribution in [0.2, 0.25) is 0 Å². The van der Waals surface area contributed by atoms with Crippen LogP contribution in [-0.2, 0) is 9.47 Å². The van der Waals surface area contributed by atoms with Crippen LogP contribution in [0, 0.1) is 34.9 Å². The summed E-state index contributed by atoms with van der Waals surface area (Å²) in [6, 6.07) is 6.39. The van der Waals surface area contributed by atoms with Gasteiger partial charge >= 0.3 is 0 Å². The predicted octanol–water partition coefficient (Wildman–Crippen LogP) is 5.36. The Balaban J connectivity index is 1.48. The van der Waals surface area contributed by atoms with Crippen molar-refractivity contribution in [3.8, 4) is 6.07 Å². The van der Waals surface area contributed by atoms with Gasteiger partial charge in [0.05, 0.1) is 18.8 Å². The Hall–Kier alpha value is -1.44. The normalized spacial score (nSPS) is 30.0. The van der Waals surface area contributed by atoms with Crippen molar-refractivity contribution in [3.05, 3.63) is 35.1 Å². The molecule has 1 saturated heterocycles. The molecule has 136 valence electrons. The average molecular weight is 345 g/mol. The molecule has 1 aromatic carbocycles. The van der Waals surface area contributed by atoms with Gasteiger partial charge in [0, 0.05) is 11.5 Å². The maximum absolute atomic E-state index is 13.8. The summed E-state index contributed by atoms with van der Waals surface area (Å²) < 4.78 is 25.5. The topological polar surface area (TPSA) is 42.2 Å². The van der Waals surface area contributed by atoms with E-state index in [-0.39, 0.29) is 5.56 Å². The summed E-state index contributed by atoms with van der Waals surface area (Å²) in [5.41, 5.74) is 0.704. The lowest BCUT2D eigenvalue weighted by atomic mass is 9.75.